The predicted molar refractivity (Wildman–Crippen MR) is 108 cm³/mol. The highest BCUT2D eigenvalue weighted by molar-refractivity contribution is 7.13. The molecule has 0 atom stereocenters. The van der Waals surface area contributed by atoms with Crippen molar-refractivity contribution >= 4 is 23.0 Å². The van der Waals surface area contributed by atoms with Crippen LogP contribution in [0.5, 0.6) is 0 Å². The Balaban J connectivity index is 2.09. The number of nitrogens with zero attached hydrogens (tertiary/aromatic N) is 3. The molecule has 134 valence electrons. The lowest BCUT2D eigenvalue weighted by molar-refractivity contribution is 0.502. The van der Waals surface area contributed by atoms with E-state index in [1.807, 2.05) is 0 Å². The molecule has 0 spiro atoms. The molecule has 1 aliphatic rings. The second kappa shape index (κ2) is 9.36. The zero-order valence-corrected chi connectivity index (χ0v) is 16.8. The first-order valence-corrected chi connectivity index (χ1v) is 10.4. The maximum Gasteiger partial charge on any atom is 0.148 e. The van der Waals surface area contributed by atoms with E-state index < -0.39 is 0 Å². The summed E-state index contributed by atoms with van der Waals surface area (Å²) in [7, 11) is 0. The normalized spacial score (nSPS) is 17.7. The molecule has 0 aromatic carbocycles. The van der Waals surface area contributed by atoms with Crippen LogP contribution < -0.4 is 0 Å². The molecule has 0 radical (unpaired) electrons. The van der Waals surface area contributed by atoms with Gasteiger partial charge in [0.1, 0.15) is 11.7 Å². The van der Waals surface area contributed by atoms with E-state index in [4.69, 9.17) is 9.98 Å². The van der Waals surface area contributed by atoms with Crippen molar-refractivity contribution in [2.24, 2.45) is 9.98 Å². The van der Waals surface area contributed by atoms with Crippen LogP contribution in [0.2, 0.25) is 0 Å². The van der Waals surface area contributed by atoms with E-state index in [9.17, 15) is 0 Å². The van der Waals surface area contributed by atoms with Gasteiger partial charge in [0.15, 0.2) is 0 Å². The van der Waals surface area contributed by atoms with E-state index in [2.05, 4.69) is 51.0 Å². The number of amidine groups is 2. The van der Waals surface area contributed by atoms with Gasteiger partial charge in [0.25, 0.3) is 0 Å². The Morgan fingerprint density at radius 1 is 1.00 bits per heavy atom. The quantitative estimate of drug-likeness (QED) is 0.524. The molecule has 4 heteroatoms. The van der Waals surface area contributed by atoms with Gasteiger partial charge in [-0.2, -0.15) is 0 Å². The van der Waals surface area contributed by atoms with Crippen LogP contribution in [0.15, 0.2) is 21.4 Å². The van der Waals surface area contributed by atoms with E-state index in [0.717, 1.165) is 18.2 Å². The minimum atomic E-state index is 0.300. The topological polar surface area (TPSA) is 28.0 Å². The first-order chi connectivity index (χ1) is 11.6. The highest BCUT2D eigenvalue weighted by Gasteiger charge is 2.34. The van der Waals surface area contributed by atoms with E-state index in [1.165, 1.54) is 49.0 Å². The molecule has 1 aromatic rings. The Morgan fingerprint density at radius 3 is 2.38 bits per heavy atom. The molecule has 1 aliphatic heterocycles. The lowest BCUT2D eigenvalue weighted by Gasteiger charge is -2.25. The first kappa shape index (κ1) is 19.2. The van der Waals surface area contributed by atoms with Crippen LogP contribution in [0.1, 0.15) is 83.6 Å². The Bertz CT molecular complexity index is 569. The van der Waals surface area contributed by atoms with Crippen molar-refractivity contribution in [3.05, 3.63) is 21.9 Å². The first-order valence-electron chi connectivity index (χ1n) is 9.56. The molecular weight excluding hydrogens is 314 g/mol. The van der Waals surface area contributed by atoms with Gasteiger partial charge >= 0.3 is 0 Å². The third-order valence-corrected chi connectivity index (χ3v) is 5.15. The average molecular weight is 348 g/mol. The molecule has 1 aromatic heterocycles. The van der Waals surface area contributed by atoms with E-state index in [0.29, 0.717) is 12.1 Å². The molecule has 2 heterocycles. The summed E-state index contributed by atoms with van der Waals surface area (Å²) in [6.45, 7) is 11.9. The van der Waals surface area contributed by atoms with E-state index in [-0.39, 0.29) is 0 Å². The number of aliphatic imine (C=N–C) groups is 2. The highest BCUT2D eigenvalue weighted by atomic mass is 32.1. The molecule has 0 N–H and O–H groups in total. The molecule has 0 saturated carbocycles. The molecular formula is C20H33N3S. The lowest BCUT2D eigenvalue weighted by atomic mass is 10.1. The van der Waals surface area contributed by atoms with Gasteiger partial charge in [-0.15, -0.1) is 11.3 Å². The molecule has 0 fully saturated rings. The molecule has 24 heavy (non-hydrogen) atoms. The third kappa shape index (κ3) is 4.69. The summed E-state index contributed by atoms with van der Waals surface area (Å²) in [6, 6.07) is 2.89. The number of fused-ring (bicyclic) bond motifs is 1. The van der Waals surface area contributed by atoms with Crippen LogP contribution in [0, 0.1) is 0 Å². The SMILES string of the molecule is CCCCCCCCN=C1c2ccsc2C(=NC(C)C)N1C(C)C. The fraction of sp³-hybridized carbons (Fsp3) is 0.700. The van der Waals surface area contributed by atoms with Crippen molar-refractivity contribution in [1.29, 1.82) is 0 Å². The summed E-state index contributed by atoms with van der Waals surface area (Å²) >= 11 is 1.79. The summed E-state index contributed by atoms with van der Waals surface area (Å²) < 4.78 is 0. The third-order valence-electron chi connectivity index (χ3n) is 4.24. The van der Waals surface area contributed by atoms with Crippen LogP contribution in [-0.4, -0.2) is 35.2 Å². The molecule has 2 rings (SSSR count). The fourth-order valence-corrected chi connectivity index (χ4v) is 3.97. The van der Waals surface area contributed by atoms with Crippen LogP contribution in [0.3, 0.4) is 0 Å². The van der Waals surface area contributed by atoms with Gasteiger partial charge in [0, 0.05) is 24.2 Å². The van der Waals surface area contributed by atoms with Gasteiger partial charge in [-0.3, -0.25) is 9.98 Å². The molecule has 0 bridgehead atoms. The Hall–Kier alpha value is -1.16. The Morgan fingerprint density at radius 2 is 1.71 bits per heavy atom. The van der Waals surface area contributed by atoms with E-state index in [1.54, 1.807) is 11.3 Å². The standard InChI is InChI=1S/C20H33N3S/c1-6-7-8-9-10-11-13-21-19-17-12-14-24-18(17)20(22-15(2)3)23(19)16(4)5/h12,14-16H,6-11,13H2,1-5H3. The monoisotopic (exact) mass is 347 g/mol. The summed E-state index contributed by atoms with van der Waals surface area (Å²) in [5.41, 5.74) is 1.28. The average Bonchev–Trinajstić information content (AvgIpc) is 3.08. The van der Waals surface area contributed by atoms with Crippen LogP contribution in [-0.2, 0) is 0 Å². The lowest BCUT2D eigenvalue weighted by Crippen LogP contribution is -2.37. The number of unbranched alkanes of at least 4 members (excludes halogenated alkanes) is 5. The zero-order chi connectivity index (χ0) is 17.5. The van der Waals surface area contributed by atoms with Crippen LogP contribution >= 0.6 is 11.3 Å². The Labute approximate surface area is 151 Å². The minimum Gasteiger partial charge on any atom is -0.307 e. The van der Waals surface area contributed by atoms with Crippen LogP contribution in [0.4, 0.5) is 0 Å². The largest absolute Gasteiger partial charge is 0.307 e. The number of hydrogen-bond acceptors (Lipinski definition) is 3. The van der Waals surface area contributed by atoms with Crippen molar-refractivity contribution < 1.29 is 0 Å². The minimum absolute atomic E-state index is 0.300. The number of thiophene rings is 1. The smallest absolute Gasteiger partial charge is 0.148 e. The molecule has 0 aliphatic carbocycles. The number of hydrogen-bond donors (Lipinski definition) is 0. The maximum atomic E-state index is 4.98. The molecule has 0 saturated heterocycles. The second-order valence-corrected chi connectivity index (χ2v) is 8.06. The van der Waals surface area contributed by atoms with Crippen LogP contribution in [0.25, 0.3) is 0 Å². The van der Waals surface area contributed by atoms with E-state index >= 15 is 0 Å². The molecule has 3 nitrogen and oxygen atoms in total. The van der Waals surface area contributed by atoms with Crippen molar-refractivity contribution in [3.63, 3.8) is 0 Å². The summed E-state index contributed by atoms with van der Waals surface area (Å²) in [5.74, 6) is 2.25. The summed E-state index contributed by atoms with van der Waals surface area (Å²) in [6.07, 6.45) is 7.87. The fourth-order valence-electron chi connectivity index (χ4n) is 3.09. The number of rotatable bonds is 9. The predicted octanol–water partition coefficient (Wildman–Crippen LogP) is 5.73. The van der Waals surface area contributed by atoms with Crippen molar-refractivity contribution in [2.45, 2.75) is 85.2 Å². The second-order valence-electron chi connectivity index (χ2n) is 7.15. The van der Waals surface area contributed by atoms with Crippen molar-refractivity contribution in [2.75, 3.05) is 6.54 Å². The highest BCUT2D eigenvalue weighted by Crippen LogP contribution is 2.31. The van der Waals surface area contributed by atoms with Crippen molar-refractivity contribution in [3.8, 4) is 0 Å². The summed E-state index contributed by atoms with van der Waals surface area (Å²) in [4.78, 5) is 13.5. The van der Waals surface area contributed by atoms with Gasteiger partial charge in [-0.05, 0) is 45.6 Å². The Kier molecular flexibility index (Phi) is 7.47. The van der Waals surface area contributed by atoms with Gasteiger partial charge < -0.3 is 4.90 Å². The molecule has 0 unspecified atom stereocenters. The van der Waals surface area contributed by atoms with Gasteiger partial charge in [0.05, 0.1) is 4.88 Å². The maximum absolute atomic E-state index is 4.98. The van der Waals surface area contributed by atoms with Crippen molar-refractivity contribution in [1.82, 2.24) is 4.90 Å². The van der Waals surface area contributed by atoms with Gasteiger partial charge in [-0.1, -0.05) is 39.0 Å². The zero-order valence-electron chi connectivity index (χ0n) is 16.0. The summed E-state index contributed by atoms with van der Waals surface area (Å²) in [5, 5.41) is 2.17. The van der Waals surface area contributed by atoms with Gasteiger partial charge in [-0.25, -0.2) is 0 Å². The molecule has 0 amide bonds. The van der Waals surface area contributed by atoms with Gasteiger partial charge in [0.2, 0.25) is 0 Å².